The van der Waals surface area contributed by atoms with Crippen molar-refractivity contribution in [2.75, 3.05) is 0 Å². The van der Waals surface area contributed by atoms with Crippen molar-refractivity contribution in [3.05, 3.63) is 70.3 Å². The summed E-state index contributed by atoms with van der Waals surface area (Å²) in [5.41, 5.74) is 4.09. The van der Waals surface area contributed by atoms with Gasteiger partial charge in [0.25, 0.3) is 0 Å². The standard InChI is InChI=1S/C19H18FNO/c1-13-16(12-15-7-3-5-9-18(15)21-13)19(22)11-10-14-6-2-4-8-17(14)20/h2,4,6,8,10-12H,3,5,7,9H2,1H3. The highest BCUT2D eigenvalue weighted by atomic mass is 19.1. The Labute approximate surface area is 129 Å². The Hall–Kier alpha value is -2.29. The van der Waals surface area contributed by atoms with E-state index < -0.39 is 0 Å². The number of nitrogens with zero attached hydrogens (tertiary/aromatic N) is 1. The van der Waals surface area contributed by atoms with E-state index in [1.165, 1.54) is 30.2 Å². The average Bonchev–Trinajstić information content (AvgIpc) is 2.53. The molecule has 0 unspecified atom stereocenters. The van der Waals surface area contributed by atoms with Gasteiger partial charge in [-0.3, -0.25) is 9.78 Å². The Morgan fingerprint density at radius 3 is 2.82 bits per heavy atom. The number of halogens is 1. The molecule has 0 amide bonds. The van der Waals surface area contributed by atoms with Crippen molar-refractivity contribution in [2.45, 2.75) is 32.6 Å². The van der Waals surface area contributed by atoms with Gasteiger partial charge >= 0.3 is 0 Å². The van der Waals surface area contributed by atoms with Gasteiger partial charge in [-0.15, -0.1) is 0 Å². The van der Waals surface area contributed by atoms with Crippen molar-refractivity contribution < 1.29 is 9.18 Å². The van der Waals surface area contributed by atoms with Crippen molar-refractivity contribution in [1.29, 1.82) is 0 Å². The van der Waals surface area contributed by atoms with Crippen molar-refractivity contribution >= 4 is 11.9 Å². The lowest BCUT2D eigenvalue weighted by molar-refractivity contribution is 0.104. The van der Waals surface area contributed by atoms with Gasteiger partial charge in [0.05, 0.1) is 0 Å². The molecule has 1 aliphatic rings. The van der Waals surface area contributed by atoms with Gasteiger partial charge in [0.1, 0.15) is 5.82 Å². The number of fused-ring (bicyclic) bond motifs is 1. The van der Waals surface area contributed by atoms with Gasteiger partial charge in [0, 0.05) is 22.5 Å². The predicted octanol–water partition coefficient (Wildman–Crippen LogP) is 4.30. The average molecular weight is 295 g/mol. The summed E-state index contributed by atoms with van der Waals surface area (Å²) >= 11 is 0. The van der Waals surface area contributed by atoms with Crippen LogP contribution >= 0.6 is 0 Å². The molecule has 1 aromatic carbocycles. The summed E-state index contributed by atoms with van der Waals surface area (Å²) in [6.07, 6.45) is 7.25. The van der Waals surface area contributed by atoms with Gasteiger partial charge in [-0.05, 0) is 62.5 Å². The molecule has 0 N–H and O–H groups in total. The van der Waals surface area contributed by atoms with E-state index in [2.05, 4.69) is 4.98 Å². The number of carbonyl (C=O) groups excluding carboxylic acids is 1. The third kappa shape index (κ3) is 2.98. The van der Waals surface area contributed by atoms with Crippen LogP contribution in [0.3, 0.4) is 0 Å². The van der Waals surface area contributed by atoms with E-state index in [0.29, 0.717) is 11.1 Å². The zero-order valence-corrected chi connectivity index (χ0v) is 12.6. The number of allylic oxidation sites excluding steroid dienone is 1. The van der Waals surface area contributed by atoms with E-state index in [-0.39, 0.29) is 11.6 Å². The Morgan fingerprint density at radius 2 is 2.00 bits per heavy atom. The third-order valence-electron chi connectivity index (χ3n) is 4.08. The molecule has 3 heteroatoms. The first kappa shape index (κ1) is 14.6. The number of hydrogen-bond acceptors (Lipinski definition) is 2. The topological polar surface area (TPSA) is 30.0 Å². The summed E-state index contributed by atoms with van der Waals surface area (Å²) < 4.78 is 13.6. The molecule has 112 valence electrons. The molecule has 0 atom stereocenters. The predicted molar refractivity (Wildman–Crippen MR) is 85.4 cm³/mol. The zero-order valence-electron chi connectivity index (χ0n) is 12.6. The molecule has 1 heterocycles. The van der Waals surface area contributed by atoms with Gasteiger partial charge in [0.15, 0.2) is 5.78 Å². The van der Waals surface area contributed by atoms with Gasteiger partial charge in [-0.2, -0.15) is 0 Å². The molecule has 0 bridgehead atoms. The Morgan fingerprint density at radius 1 is 1.23 bits per heavy atom. The lowest BCUT2D eigenvalue weighted by atomic mass is 9.93. The first-order valence-electron chi connectivity index (χ1n) is 7.61. The molecule has 3 rings (SSSR count). The zero-order chi connectivity index (χ0) is 15.5. The number of hydrogen-bond donors (Lipinski definition) is 0. The lowest BCUT2D eigenvalue weighted by Crippen LogP contribution is -2.10. The Balaban J connectivity index is 1.88. The van der Waals surface area contributed by atoms with Crippen LogP contribution in [0.1, 0.15) is 45.7 Å². The molecule has 0 fully saturated rings. The summed E-state index contributed by atoms with van der Waals surface area (Å²) in [6, 6.07) is 8.38. The van der Waals surface area contributed by atoms with Crippen LogP contribution in [0.5, 0.6) is 0 Å². The molecule has 0 radical (unpaired) electrons. The minimum absolute atomic E-state index is 0.123. The molecule has 0 saturated heterocycles. The van der Waals surface area contributed by atoms with E-state index >= 15 is 0 Å². The molecule has 0 spiro atoms. The van der Waals surface area contributed by atoms with E-state index in [1.54, 1.807) is 18.2 Å². The van der Waals surface area contributed by atoms with E-state index in [4.69, 9.17) is 0 Å². The first-order valence-corrected chi connectivity index (χ1v) is 7.61. The maximum atomic E-state index is 13.6. The van der Waals surface area contributed by atoms with Crippen LogP contribution in [0.25, 0.3) is 6.08 Å². The van der Waals surface area contributed by atoms with Crippen LogP contribution in [0, 0.1) is 12.7 Å². The van der Waals surface area contributed by atoms with Crippen molar-refractivity contribution in [3.63, 3.8) is 0 Å². The highest BCUT2D eigenvalue weighted by molar-refractivity contribution is 6.07. The van der Waals surface area contributed by atoms with Gasteiger partial charge in [0.2, 0.25) is 0 Å². The number of benzene rings is 1. The fourth-order valence-corrected chi connectivity index (χ4v) is 2.85. The van der Waals surface area contributed by atoms with Crippen LogP contribution < -0.4 is 0 Å². The van der Waals surface area contributed by atoms with Crippen LogP contribution in [0.2, 0.25) is 0 Å². The second-order valence-corrected chi connectivity index (χ2v) is 5.65. The number of aromatic nitrogens is 1. The van der Waals surface area contributed by atoms with E-state index in [0.717, 1.165) is 30.7 Å². The van der Waals surface area contributed by atoms with Gasteiger partial charge in [-0.25, -0.2) is 4.39 Å². The quantitative estimate of drug-likeness (QED) is 0.624. The minimum Gasteiger partial charge on any atom is -0.289 e. The van der Waals surface area contributed by atoms with E-state index in [1.807, 2.05) is 13.0 Å². The maximum Gasteiger partial charge on any atom is 0.187 e. The largest absolute Gasteiger partial charge is 0.289 e. The summed E-state index contributed by atoms with van der Waals surface area (Å²) in [5.74, 6) is -0.450. The van der Waals surface area contributed by atoms with Gasteiger partial charge < -0.3 is 0 Å². The summed E-state index contributed by atoms with van der Waals surface area (Å²) in [4.78, 5) is 17.0. The minimum atomic E-state index is -0.327. The molecule has 1 aliphatic carbocycles. The van der Waals surface area contributed by atoms with Crippen LogP contribution in [0.4, 0.5) is 4.39 Å². The normalized spacial score (nSPS) is 14.1. The summed E-state index contributed by atoms with van der Waals surface area (Å²) in [6.45, 7) is 1.86. The number of pyridine rings is 1. The molecule has 2 aromatic rings. The number of rotatable bonds is 3. The highest BCUT2D eigenvalue weighted by Crippen LogP contribution is 2.22. The molecular weight excluding hydrogens is 277 g/mol. The molecule has 0 saturated carbocycles. The second kappa shape index (κ2) is 6.22. The number of carbonyl (C=O) groups is 1. The van der Waals surface area contributed by atoms with E-state index in [9.17, 15) is 9.18 Å². The van der Waals surface area contributed by atoms with Crippen molar-refractivity contribution in [1.82, 2.24) is 4.98 Å². The Kier molecular flexibility index (Phi) is 4.14. The SMILES string of the molecule is Cc1nc2c(cc1C(=O)C=Cc1ccccc1F)CCCC2. The second-order valence-electron chi connectivity index (χ2n) is 5.65. The first-order chi connectivity index (χ1) is 10.6. The number of ketones is 1. The summed E-state index contributed by atoms with van der Waals surface area (Å²) in [5, 5.41) is 0. The Bertz CT molecular complexity index is 749. The summed E-state index contributed by atoms with van der Waals surface area (Å²) in [7, 11) is 0. The monoisotopic (exact) mass is 295 g/mol. The molecule has 2 nitrogen and oxygen atoms in total. The molecule has 22 heavy (non-hydrogen) atoms. The van der Waals surface area contributed by atoms with Crippen LogP contribution in [-0.2, 0) is 12.8 Å². The third-order valence-corrected chi connectivity index (χ3v) is 4.08. The fourth-order valence-electron chi connectivity index (χ4n) is 2.85. The fraction of sp³-hybridized carbons (Fsp3) is 0.263. The van der Waals surface area contributed by atoms with Gasteiger partial charge in [-0.1, -0.05) is 18.2 Å². The highest BCUT2D eigenvalue weighted by Gasteiger charge is 2.16. The van der Waals surface area contributed by atoms with Crippen molar-refractivity contribution in [2.24, 2.45) is 0 Å². The molecule has 0 aliphatic heterocycles. The maximum absolute atomic E-state index is 13.6. The molecular formula is C19H18FNO. The lowest BCUT2D eigenvalue weighted by Gasteiger charge is -2.16. The number of aryl methyl sites for hydroxylation is 3. The molecule has 1 aromatic heterocycles. The van der Waals surface area contributed by atoms with Crippen molar-refractivity contribution in [3.8, 4) is 0 Å². The van der Waals surface area contributed by atoms with Crippen LogP contribution in [0.15, 0.2) is 36.4 Å². The smallest absolute Gasteiger partial charge is 0.187 e. The van der Waals surface area contributed by atoms with Crippen LogP contribution in [-0.4, -0.2) is 10.8 Å².